The Morgan fingerprint density at radius 3 is 3.00 bits per heavy atom. The summed E-state index contributed by atoms with van der Waals surface area (Å²) in [7, 11) is 1.88. The Balaban J connectivity index is 1.94. The number of rotatable bonds is 4. The fourth-order valence-corrected chi connectivity index (χ4v) is 2.07. The maximum atomic E-state index is 11.7. The summed E-state index contributed by atoms with van der Waals surface area (Å²) in [5.74, 6) is -0.105. The average molecular weight is 336 g/mol. The van der Waals surface area contributed by atoms with Crippen molar-refractivity contribution in [1.82, 2.24) is 9.99 Å². The molecule has 0 saturated carbocycles. The number of carbonyl (C=O) groups excluding carboxylic acids is 1. The molecule has 2 rings (SSSR count). The molecule has 1 aromatic carbocycles. The number of benzene rings is 1. The van der Waals surface area contributed by atoms with Crippen LogP contribution in [0.25, 0.3) is 0 Å². The molecule has 2 aromatic rings. The van der Waals surface area contributed by atoms with E-state index < -0.39 is 0 Å². The molecule has 0 atom stereocenters. The first-order valence-corrected chi connectivity index (χ1v) is 6.76. The highest BCUT2D eigenvalue weighted by Crippen LogP contribution is 2.19. The van der Waals surface area contributed by atoms with Crippen molar-refractivity contribution in [1.29, 1.82) is 0 Å². The van der Waals surface area contributed by atoms with Crippen molar-refractivity contribution in [3.05, 3.63) is 52.3 Å². The number of phenolic OH excluding ortho intramolecular Hbond substituents is 1. The zero-order valence-corrected chi connectivity index (χ0v) is 12.5. The summed E-state index contributed by atoms with van der Waals surface area (Å²) in [6, 6.07) is 8.74. The Kier molecular flexibility index (Phi) is 4.57. The lowest BCUT2D eigenvalue weighted by Gasteiger charge is -2.02. The van der Waals surface area contributed by atoms with E-state index in [1.807, 2.05) is 29.9 Å². The van der Waals surface area contributed by atoms with E-state index in [1.54, 1.807) is 18.2 Å². The number of carbonyl (C=O) groups is 1. The second-order valence-corrected chi connectivity index (χ2v) is 5.20. The normalized spacial score (nSPS) is 10.9. The highest BCUT2D eigenvalue weighted by Gasteiger charge is 2.04. The Hall–Kier alpha value is -2.08. The molecular weight excluding hydrogens is 322 g/mol. The lowest BCUT2D eigenvalue weighted by Crippen LogP contribution is -2.20. The van der Waals surface area contributed by atoms with Crippen molar-refractivity contribution in [3.63, 3.8) is 0 Å². The van der Waals surface area contributed by atoms with Gasteiger partial charge in [-0.25, -0.2) is 5.43 Å². The molecule has 0 bridgehead atoms. The third-order valence-corrected chi connectivity index (χ3v) is 3.27. The number of nitrogens with zero attached hydrogens (tertiary/aromatic N) is 2. The number of hydrazone groups is 1. The number of aryl methyl sites for hydroxylation is 1. The van der Waals surface area contributed by atoms with Crippen LogP contribution in [0.1, 0.15) is 11.3 Å². The SMILES string of the molecule is Cn1cccc1CC(=O)NN=Cc1cc(Br)ccc1O. The molecule has 0 aliphatic carbocycles. The van der Waals surface area contributed by atoms with Crippen molar-refractivity contribution in [2.24, 2.45) is 12.1 Å². The van der Waals surface area contributed by atoms with Crippen molar-refractivity contribution in [3.8, 4) is 5.75 Å². The molecule has 0 aliphatic heterocycles. The maximum absolute atomic E-state index is 11.7. The third-order valence-electron chi connectivity index (χ3n) is 2.78. The summed E-state index contributed by atoms with van der Waals surface area (Å²) in [5.41, 5.74) is 3.87. The predicted octanol–water partition coefficient (Wildman–Crippen LogP) is 2.19. The molecule has 0 aliphatic rings. The molecule has 2 N–H and O–H groups in total. The van der Waals surface area contributed by atoms with Crippen LogP contribution in [-0.2, 0) is 18.3 Å². The van der Waals surface area contributed by atoms with E-state index in [2.05, 4.69) is 26.5 Å². The Bertz CT molecular complexity index is 650. The standard InChI is InChI=1S/C14H14BrN3O2/c1-18-6-2-3-12(18)8-14(20)17-16-9-10-7-11(15)4-5-13(10)19/h2-7,9,19H,8H2,1H3,(H,17,20). The van der Waals surface area contributed by atoms with Gasteiger partial charge in [-0.3, -0.25) is 4.79 Å². The molecule has 0 radical (unpaired) electrons. The van der Waals surface area contributed by atoms with Gasteiger partial charge in [0.1, 0.15) is 5.75 Å². The molecule has 1 aromatic heterocycles. The number of aromatic nitrogens is 1. The van der Waals surface area contributed by atoms with Crippen LogP contribution in [0.15, 0.2) is 46.1 Å². The smallest absolute Gasteiger partial charge is 0.245 e. The summed E-state index contributed by atoms with van der Waals surface area (Å²) in [4.78, 5) is 11.7. The Morgan fingerprint density at radius 2 is 2.30 bits per heavy atom. The van der Waals surface area contributed by atoms with E-state index in [0.717, 1.165) is 10.2 Å². The van der Waals surface area contributed by atoms with Crippen molar-refractivity contribution < 1.29 is 9.90 Å². The largest absolute Gasteiger partial charge is 0.507 e. The molecule has 20 heavy (non-hydrogen) atoms. The van der Waals surface area contributed by atoms with E-state index in [0.29, 0.717) is 5.56 Å². The number of halogens is 1. The molecule has 5 nitrogen and oxygen atoms in total. The molecule has 0 spiro atoms. The van der Waals surface area contributed by atoms with Gasteiger partial charge in [0.2, 0.25) is 5.91 Å². The lowest BCUT2D eigenvalue weighted by molar-refractivity contribution is -0.120. The van der Waals surface area contributed by atoms with E-state index >= 15 is 0 Å². The second kappa shape index (κ2) is 6.38. The fourth-order valence-electron chi connectivity index (χ4n) is 1.69. The van der Waals surface area contributed by atoms with Crippen LogP contribution < -0.4 is 5.43 Å². The zero-order valence-electron chi connectivity index (χ0n) is 10.9. The molecule has 0 saturated heterocycles. The van der Waals surface area contributed by atoms with Gasteiger partial charge in [-0.2, -0.15) is 5.10 Å². The van der Waals surface area contributed by atoms with E-state index in [1.165, 1.54) is 6.21 Å². The Morgan fingerprint density at radius 1 is 1.50 bits per heavy atom. The van der Waals surface area contributed by atoms with Crippen molar-refractivity contribution in [2.75, 3.05) is 0 Å². The van der Waals surface area contributed by atoms with Crippen LogP contribution in [0.3, 0.4) is 0 Å². The van der Waals surface area contributed by atoms with Crippen LogP contribution in [0, 0.1) is 0 Å². The summed E-state index contributed by atoms with van der Waals surface area (Å²) in [5, 5.41) is 13.5. The van der Waals surface area contributed by atoms with E-state index in [9.17, 15) is 9.90 Å². The summed E-state index contributed by atoms with van der Waals surface area (Å²) < 4.78 is 2.70. The second-order valence-electron chi connectivity index (χ2n) is 4.28. The van der Waals surface area contributed by atoms with E-state index in [4.69, 9.17) is 0 Å². The van der Waals surface area contributed by atoms with Crippen molar-refractivity contribution >= 4 is 28.1 Å². The molecule has 0 unspecified atom stereocenters. The minimum Gasteiger partial charge on any atom is -0.507 e. The van der Waals surface area contributed by atoms with Gasteiger partial charge in [-0.1, -0.05) is 15.9 Å². The number of hydrogen-bond acceptors (Lipinski definition) is 3. The minimum absolute atomic E-state index is 0.105. The molecule has 6 heteroatoms. The van der Waals surface area contributed by atoms with Gasteiger partial charge in [-0.05, 0) is 30.3 Å². The molecule has 1 amide bonds. The van der Waals surface area contributed by atoms with Gasteiger partial charge < -0.3 is 9.67 Å². The van der Waals surface area contributed by atoms with Gasteiger partial charge >= 0.3 is 0 Å². The third kappa shape index (κ3) is 3.71. The highest BCUT2D eigenvalue weighted by molar-refractivity contribution is 9.10. The van der Waals surface area contributed by atoms with E-state index in [-0.39, 0.29) is 18.1 Å². The van der Waals surface area contributed by atoms with Gasteiger partial charge in [0.25, 0.3) is 0 Å². The number of aromatic hydroxyl groups is 1. The molecule has 1 heterocycles. The van der Waals surface area contributed by atoms with Gasteiger partial charge in [-0.15, -0.1) is 0 Å². The van der Waals surface area contributed by atoms with Crippen LogP contribution in [0.4, 0.5) is 0 Å². The topological polar surface area (TPSA) is 66.6 Å². The maximum Gasteiger partial charge on any atom is 0.245 e. The summed E-state index contributed by atoms with van der Waals surface area (Å²) >= 11 is 3.30. The van der Waals surface area contributed by atoms with Gasteiger partial charge in [0.05, 0.1) is 12.6 Å². The lowest BCUT2D eigenvalue weighted by atomic mass is 10.2. The number of nitrogens with one attached hydrogen (secondary N) is 1. The summed E-state index contributed by atoms with van der Waals surface area (Å²) in [6.07, 6.45) is 3.54. The van der Waals surface area contributed by atoms with Gasteiger partial charge in [0, 0.05) is 29.0 Å². The molecular formula is C14H14BrN3O2. The van der Waals surface area contributed by atoms with Crippen molar-refractivity contribution in [2.45, 2.75) is 6.42 Å². The Labute approximate surface area is 125 Å². The average Bonchev–Trinajstić information content (AvgIpc) is 2.79. The van der Waals surface area contributed by atoms with Crippen LogP contribution in [0.2, 0.25) is 0 Å². The van der Waals surface area contributed by atoms with Crippen LogP contribution in [0.5, 0.6) is 5.75 Å². The van der Waals surface area contributed by atoms with Crippen LogP contribution >= 0.6 is 15.9 Å². The number of phenols is 1. The monoisotopic (exact) mass is 335 g/mol. The number of hydrogen-bond donors (Lipinski definition) is 2. The minimum atomic E-state index is -0.211. The quantitative estimate of drug-likeness (QED) is 0.664. The van der Waals surface area contributed by atoms with Crippen LogP contribution in [-0.4, -0.2) is 21.8 Å². The fraction of sp³-hybridized carbons (Fsp3) is 0.143. The first-order chi connectivity index (χ1) is 9.56. The number of amides is 1. The molecule has 0 fully saturated rings. The predicted molar refractivity (Wildman–Crippen MR) is 80.7 cm³/mol. The highest BCUT2D eigenvalue weighted by atomic mass is 79.9. The summed E-state index contributed by atoms with van der Waals surface area (Å²) in [6.45, 7) is 0. The zero-order chi connectivity index (χ0) is 14.5. The first kappa shape index (κ1) is 14.3. The first-order valence-electron chi connectivity index (χ1n) is 5.97. The van der Waals surface area contributed by atoms with Gasteiger partial charge in [0.15, 0.2) is 0 Å². The molecule has 104 valence electrons.